The Morgan fingerprint density at radius 2 is 1.29 bits per heavy atom. The van der Waals surface area contributed by atoms with E-state index in [2.05, 4.69) is 5.16 Å². The molecular weight excluding hydrogens is 373 g/mol. The lowest BCUT2D eigenvalue weighted by molar-refractivity contribution is 0.316. The van der Waals surface area contributed by atoms with Gasteiger partial charge in [-0.1, -0.05) is 71.9 Å². The van der Waals surface area contributed by atoms with Gasteiger partial charge in [0.15, 0.2) is 0 Å². The summed E-state index contributed by atoms with van der Waals surface area (Å²) in [5.74, 6) is 0.891. The predicted octanol–water partition coefficient (Wildman–Crippen LogP) is 6.32. The summed E-state index contributed by atoms with van der Waals surface area (Å²) < 4.78 is 26.1. The number of hydrogen-bond acceptors (Lipinski definition) is 5. The van der Waals surface area contributed by atoms with Crippen molar-refractivity contribution in [1.82, 2.24) is 0 Å². The maximum atomic E-state index is 14.1. The first-order chi connectivity index (χ1) is 13.6. The van der Waals surface area contributed by atoms with E-state index in [0.717, 1.165) is 5.56 Å². The number of hydrogen-bond donors (Lipinski definition) is 1. The van der Waals surface area contributed by atoms with Crippen molar-refractivity contribution in [3.8, 4) is 11.5 Å². The van der Waals surface area contributed by atoms with Crippen LogP contribution in [-0.2, 0) is 4.57 Å². The van der Waals surface area contributed by atoms with Gasteiger partial charge in [0.05, 0.1) is 5.71 Å². The summed E-state index contributed by atoms with van der Waals surface area (Å²) in [5.41, 5.74) is 0.563. The topological polar surface area (TPSA) is 68.1 Å². The van der Waals surface area contributed by atoms with Gasteiger partial charge in [-0.15, -0.1) is 0 Å². The molecule has 3 aromatic rings. The molecule has 0 aliphatic heterocycles. The molecular formula is C22H22NO4P. The van der Waals surface area contributed by atoms with Crippen LogP contribution >= 0.6 is 7.60 Å². The summed E-state index contributed by atoms with van der Waals surface area (Å²) in [4.78, 5) is 0. The van der Waals surface area contributed by atoms with Crippen molar-refractivity contribution >= 4 is 13.3 Å². The molecule has 0 fully saturated rings. The molecule has 5 nitrogen and oxygen atoms in total. The van der Waals surface area contributed by atoms with E-state index in [1.54, 1.807) is 55.5 Å². The number of nitrogens with zero attached hydrogens (tertiary/aromatic N) is 1. The fourth-order valence-electron chi connectivity index (χ4n) is 2.81. The highest BCUT2D eigenvalue weighted by Gasteiger charge is 2.41. The molecule has 1 unspecified atom stereocenters. The standard InChI is InChI=1S/C22H22NO4P/c1-18(23-24)17-22(19-11-5-2-6-12-19)28(25,26-20-13-7-3-8-14-20)27-21-15-9-4-10-16-21/h2-16,22,24H,17H2,1H3. The maximum absolute atomic E-state index is 14.1. The van der Waals surface area contributed by atoms with Crippen molar-refractivity contribution < 1.29 is 18.8 Å². The molecule has 28 heavy (non-hydrogen) atoms. The number of oxime groups is 1. The van der Waals surface area contributed by atoms with Gasteiger partial charge in [0.25, 0.3) is 0 Å². The van der Waals surface area contributed by atoms with E-state index in [0.29, 0.717) is 17.2 Å². The third-order valence-corrected chi connectivity index (χ3v) is 6.35. The summed E-state index contributed by atoms with van der Waals surface area (Å²) in [6.45, 7) is 1.67. The monoisotopic (exact) mass is 395 g/mol. The lowest BCUT2D eigenvalue weighted by Crippen LogP contribution is -2.14. The Morgan fingerprint density at radius 3 is 1.71 bits per heavy atom. The summed E-state index contributed by atoms with van der Waals surface area (Å²) in [5, 5.41) is 12.5. The summed E-state index contributed by atoms with van der Waals surface area (Å²) >= 11 is 0. The Kier molecular flexibility index (Phi) is 6.51. The molecule has 0 saturated carbocycles. The van der Waals surface area contributed by atoms with Crippen LogP contribution < -0.4 is 9.05 Å². The van der Waals surface area contributed by atoms with E-state index < -0.39 is 13.3 Å². The molecule has 3 aromatic carbocycles. The van der Waals surface area contributed by atoms with Gasteiger partial charge in [0.1, 0.15) is 17.2 Å². The van der Waals surface area contributed by atoms with Crippen LogP contribution in [0.5, 0.6) is 11.5 Å². The summed E-state index contributed by atoms with van der Waals surface area (Å²) in [7, 11) is -3.75. The molecule has 0 bridgehead atoms. The van der Waals surface area contributed by atoms with Gasteiger partial charge >= 0.3 is 7.60 Å². The van der Waals surface area contributed by atoms with Crippen LogP contribution in [0.3, 0.4) is 0 Å². The van der Waals surface area contributed by atoms with E-state index >= 15 is 0 Å². The fourth-order valence-corrected chi connectivity index (χ4v) is 4.96. The van der Waals surface area contributed by atoms with Crippen molar-refractivity contribution in [3.63, 3.8) is 0 Å². The minimum Gasteiger partial charge on any atom is -0.416 e. The van der Waals surface area contributed by atoms with Gasteiger partial charge in [0.2, 0.25) is 0 Å². The number of para-hydroxylation sites is 2. The first kappa shape index (κ1) is 19.7. The molecule has 0 heterocycles. The first-order valence-corrected chi connectivity index (χ1v) is 10.5. The first-order valence-electron chi connectivity index (χ1n) is 8.92. The molecule has 1 atom stereocenters. The predicted molar refractivity (Wildman–Crippen MR) is 110 cm³/mol. The van der Waals surface area contributed by atoms with Crippen molar-refractivity contribution in [3.05, 3.63) is 96.6 Å². The molecule has 0 saturated heterocycles. The Balaban J connectivity index is 2.06. The van der Waals surface area contributed by atoms with Crippen LogP contribution in [0.25, 0.3) is 0 Å². The van der Waals surface area contributed by atoms with Crippen LogP contribution in [0.4, 0.5) is 0 Å². The molecule has 1 N–H and O–H groups in total. The maximum Gasteiger partial charge on any atom is 0.438 e. The van der Waals surface area contributed by atoms with Crippen LogP contribution in [0, 0.1) is 0 Å². The second-order valence-corrected chi connectivity index (χ2v) is 8.38. The zero-order chi connectivity index (χ0) is 19.8. The van der Waals surface area contributed by atoms with Gasteiger partial charge in [-0.05, 0) is 36.8 Å². The lowest BCUT2D eigenvalue weighted by Gasteiger charge is -2.27. The summed E-state index contributed by atoms with van der Waals surface area (Å²) in [6, 6.07) is 27.2. The average Bonchev–Trinajstić information content (AvgIpc) is 2.73. The highest BCUT2D eigenvalue weighted by Crippen LogP contribution is 2.61. The van der Waals surface area contributed by atoms with Crippen LogP contribution in [0.2, 0.25) is 0 Å². The van der Waals surface area contributed by atoms with E-state index in [-0.39, 0.29) is 6.42 Å². The lowest BCUT2D eigenvalue weighted by atomic mass is 10.1. The van der Waals surface area contributed by atoms with Gasteiger partial charge in [-0.3, -0.25) is 0 Å². The quantitative estimate of drug-likeness (QED) is 0.210. The van der Waals surface area contributed by atoms with Crippen molar-refractivity contribution in [1.29, 1.82) is 0 Å². The minimum atomic E-state index is -3.75. The van der Waals surface area contributed by atoms with Crippen molar-refractivity contribution in [2.75, 3.05) is 0 Å². The highest BCUT2D eigenvalue weighted by molar-refractivity contribution is 7.55. The Bertz CT molecular complexity index is 901. The normalized spacial score (nSPS) is 13.0. The Labute approximate surface area is 164 Å². The van der Waals surface area contributed by atoms with Gasteiger partial charge in [0, 0.05) is 6.42 Å². The van der Waals surface area contributed by atoms with Crippen LogP contribution in [0.1, 0.15) is 24.6 Å². The number of benzene rings is 3. The molecule has 0 aromatic heterocycles. The minimum absolute atomic E-state index is 0.220. The molecule has 144 valence electrons. The second-order valence-electron chi connectivity index (χ2n) is 6.31. The number of rotatable bonds is 8. The van der Waals surface area contributed by atoms with Gasteiger partial charge < -0.3 is 14.3 Å². The molecule has 0 radical (unpaired) electrons. The smallest absolute Gasteiger partial charge is 0.416 e. The average molecular weight is 395 g/mol. The fraction of sp³-hybridized carbons (Fsp3) is 0.136. The Hall–Kier alpha value is -3.04. The van der Waals surface area contributed by atoms with Crippen molar-refractivity contribution in [2.24, 2.45) is 5.16 Å². The van der Waals surface area contributed by atoms with E-state index in [1.807, 2.05) is 42.5 Å². The third kappa shape index (κ3) is 5.02. The van der Waals surface area contributed by atoms with Gasteiger partial charge in [-0.25, -0.2) is 4.57 Å². The van der Waals surface area contributed by atoms with Crippen molar-refractivity contribution in [2.45, 2.75) is 19.0 Å². The molecule has 3 rings (SSSR count). The molecule has 0 spiro atoms. The zero-order valence-corrected chi connectivity index (χ0v) is 16.4. The summed E-state index contributed by atoms with van der Waals surface area (Å²) in [6.07, 6.45) is 0.220. The second kappa shape index (κ2) is 9.25. The van der Waals surface area contributed by atoms with Crippen LogP contribution in [-0.4, -0.2) is 10.9 Å². The van der Waals surface area contributed by atoms with E-state index in [9.17, 15) is 9.77 Å². The largest absolute Gasteiger partial charge is 0.438 e. The molecule has 6 heteroatoms. The Morgan fingerprint density at radius 1 is 0.857 bits per heavy atom. The van der Waals surface area contributed by atoms with E-state index in [4.69, 9.17) is 9.05 Å². The SMILES string of the molecule is CC(CC(c1ccccc1)P(=O)(Oc1ccccc1)Oc1ccccc1)=NO. The molecule has 0 aliphatic carbocycles. The molecule has 0 aliphatic rings. The van der Waals surface area contributed by atoms with Crippen LogP contribution in [0.15, 0.2) is 96.2 Å². The molecule has 0 amide bonds. The van der Waals surface area contributed by atoms with E-state index in [1.165, 1.54) is 0 Å². The van der Waals surface area contributed by atoms with Gasteiger partial charge in [-0.2, -0.15) is 0 Å². The third-order valence-electron chi connectivity index (χ3n) is 4.18. The highest BCUT2D eigenvalue weighted by atomic mass is 31.2. The zero-order valence-electron chi connectivity index (χ0n) is 15.5.